The number of alkyl halides is 1. The molecule has 7 heteroatoms. The first-order chi connectivity index (χ1) is 7.79. The van der Waals surface area contributed by atoms with Crippen LogP contribution in [0, 0.1) is 19.8 Å². The van der Waals surface area contributed by atoms with Gasteiger partial charge in [0.25, 0.3) is 0 Å². The Balaban J connectivity index is 2.98. The van der Waals surface area contributed by atoms with Gasteiger partial charge in [-0.15, -0.1) is 11.6 Å². The highest BCUT2D eigenvalue weighted by Crippen LogP contribution is 2.19. The number of hydrogen-bond acceptors (Lipinski definition) is 4. The number of aryl methyl sites for hydroxylation is 2. The van der Waals surface area contributed by atoms with Gasteiger partial charge in [-0.1, -0.05) is 12.1 Å². The Kier molecular flexibility index (Phi) is 4.57. The molecule has 2 unspecified atom stereocenters. The third kappa shape index (κ3) is 3.20. The summed E-state index contributed by atoms with van der Waals surface area (Å²) in [4.78, 5) is 0.117. The first-order valence-corrected chi connectivity index (χ1v) is 7.32. The number of nitrogens with one attached hydrogen (secondary N) is 1. The molecule has 0 saturated carbocycles. The van der Waals surface area contributed by atoms with Crippen LogP contribution in [0.3, 0.4) is 0 Å². The molecule has 1 aromatic heterocycles. The molecule has 1 rings (SSSR count). The average molecular weight is 281 g/mol. The van der Waals surface area contributed by atoms with Crippen LogP contribution in [-0.2, 0) is 10.0 Å². The van der Waals surface area contributed by atoms with E-state index in [1.54, 1.807) is 20.8 Å². The summed E-state index contributed by atoms with van der Waals surface area (Å²) in [6, 6.07) is -0.244. The van der Waals surface area contributed by atoms with Crippen molar-refractivity contribution in [3.8, 4) is 0 Å². The zero-order chi connectivity index (χ0) is 13.2. The van der Waals surface area contributed by atoms with Gasteiger partial charge in [-0.05, 0) is 26.7 Å². The Morgan fingerprint density at radius 3 is 2.41 bits per heavy atom. The standard InChI is InChI=1S/C10H17ClN2O3S/c1-6(5-11)7(2)13-17(14,15)10-8(3)12-16-9(10)4/h6-7,13H,5H2,1-4H3. The Morgan fingerprint density at radius 1 is 1.41 bits per heavy atom. The molecule has 5 nitrogen and oxygen atoms in total. The lowest BCUT2D eigenvalue weighted by atomic mass is 10.1. The van der Waals surface area contributed by atoms with E-state index in [9.17, 15) is 8.42 Å². The fourth-order valence-electron chi connectivity index (χ4n) is 1.41. The van der Waals surface area contributed by atoms with E-state index in [-0.39, 0.29) is 16.9 Å². The van der Waals surface area contributed by atoms with Crippen molar-refractivity contribution in [2.45, 2.75) is 38.6 Å². The van der Waals surface area contributed by atoms with Crippen molar-refractivity contribution >= 4 is 21.6 Å². The molecular weight excluding hydrogens is 264 g/mol. The van der Waals surface area contributed by atoms with Gasteiger partial charge in [0, 0.05) is 11.9 Å². The molecule has 0 aliphatic rings. The minimum Gasteiger partial charge on any atom is -0.360 e. The van der Waals surface area contributed by atoms with Crippen molar-refractivity contribution in [2.75, 3.05) is 5.88 Å². The second-order valence-corrected chi connectivity index (χ2v) is 6.15. The summed E-state index contributed by atoms with van der Waals surface area (Å²) in [6.45, 7) is 6.83. The van der Waals surface area contributed by atoms with E-state index in [1.807, 2.05) is 6.92 Å². The lowest BCUT2D eigenvalue weighted by molar-refractivity contribution is 0.390. The van der Waals surface area contributed by atoms with Gasteiger partial charge in [-0.25, -0.2) is 13.1 Å². The van der Waals surface area contributed by atoms with Gasteiger partial charge in [0.1, 0.15) is 10.6 Å². The van der Waals surface area contributed by atoms with E-state index in [2.05, 4.69) is 9.88 Å². The molecule has 0 bridgehead atoms. The summed E-state index contributed by atoms with van der Waals surface area (Å²) in [5.41, 5.74) is 0.362. The fourth-order valence-corrected chi connectivity index (χ4v) is 3.36. The van der Waals surface area contributed by atoms with Gasteiger partial charge in [0.15, 0.2) is 5.76 Å². The number of nitrogens with zero attached hydrogens (tertiary/aromatic N) is 1. The Bertz CT molecular complexity index is 464. The molecule has 0 aromatic carbocycles. The highest BCUT2D eigenvalue weighted by molar-refractivity contribution is 7.89. The van der Waals surface area contributed by atoms with Crippen molar-refractivity contribution in [3.63, 3.8) is 0 Å². The van der Waals surface area contributed by atoms with Crippen molar-refractivity contribution < 1.29 is 12.9 Å². The molecular formula is C10H17ClN2O3S. The van der Waals surface area contributed by atoms with Gasteiger partial charge in [-0.3, -0.25) is 0 Å². The molecule has 98 valence electrons. The molecule has 1 aromatic rings. The van der Waals surface area contributed by atoms with E-state index < -0.39 is 10.0 Å². The summed E-state index contributed by atoms with van der Waals surface area (Å²) in [7, 11) is -3.60. The van der Waals surface area contributed by atoms with Crippen LogP contribution in [0.15, 0.2) is 9.42 Å². The van der Waals surface area contributed by atoms with Gasteiger partial charge in [0.05, 0.1) is 0 Å². The van der Waals surface area contributed by atoms with Crippen LogP contribution in [-0.4, -0.2) is 25.5 Å². The quantitative estimate of drug-likeness (QED) is 0.835. The van der Waals surface area contributed by atoms with E-state index in [1.165, 1.54) is 0 Å². The van der Waals surface area contributed by atoms with Gasteiger partial charge in [-0.2, -0.15) is 0 Å². The van der Waals surface area contributed by atoms with Crippen LogP contribution in [0.1, 0.15) is 25.3 Å². The molecule has 2 atom stereocenters. The second-order valence-electron chi connectivity index (χ2n) is 4.19. The Labute approximate surface area is 107 Å². The fraction of sp³-hybridized carbons (Fsp3) is 0.700. The van der Waals surface area contributed by atoms with Crippen molar-refractivity contribution in [2.24, 2.45) is 5.92 Å². The average Bonchev–Trinajstić information content (AvgIpc) is 2.57. The lowest BCUT2D eigenvalue weighted by Gasteiger charge is -2.18. The maximum Gasteiger partial charge on any atom is 0.246 e. The molecule has 0 spiro atoms. The number of sulfonamides is 1. The van der Waals surface area contributed by atoms with Crippen LogP contribution in [0.5, 0.6) is 0 Å². The third-order valence-corrected chi connectivity index (χ3v) is 4.96. The summed E-state index contributed by atoms with van der Waals surface area (Å²) in [5.74, 6) is 0.735. The molecule has 0 amide bonds. The van der Waals surface area contributed by atoms with Crippen LogP contribution in [0.4, 0.5) is 0 Å². The highest BCUT2D eigenvalue weighted by Gasteiger charge is 2.27. The molecule has 1 heterocycles. The lowest BCUT2D eigenvalue weighted by Crippen LogP contribution is -2.38. The molecule has 0 fully saturated rings. The first kappa shape index (κ1) is 14.5. The SMILES string of the molecule is Cc1noc(C)c1S(=O)(=O)NC(C)C(C)CCl. The molecule has 0 aliphatic heterocycles. The van der Waals surface area contributed by atoms with Crippen molar-refractivity contribution in [3.05, 3.63) is 11.5 Å². The van der Waals surface area contributed by atoms with E-state index in [0.29, 0.717) is 17.3 Å². The third-order valence-electron chi connectivity index (χ3n) is 2.67. The van der Waals surface area contributed by atoms with Crippen LogP contribution in [0.25, 0.3) is 0 Å². The molecule has 0 saturated heterocycles. The summed E-state index contributed by atoms with van der Waals surface area (Å²) in [6.07, 6.45) is 0. The Morgan fingerprint density at radius 2 is 2.00 bits per heavy atom. The molecule has 0 aliphatic carbocycles. The van der Waals surface area contributed by atoms with E-state index in [0.717, 1.165) is 0 Å². The smallest absolute Gasteiger partial charge is 0.246 e. The van der Waals surface area contributed by atoms with Crippen LogP contribution < -0.4 is 4.72 Å². The molecule has 1 N–H and O–H groups in total. The van der Waals surface area contributed by atoms with Crippen LogP contribution in [0.2, 0.25) is 0 Å². The molecule has 0 radical (unpaired) electrons. The monoisotopic (exact) mass is 280 g/mol. The maximum absolute atomic E-state index is 12.1. The largest absolute Gasteiger partial charge is 0.360 e. The van der Waals surface area contributed by atoms with Crippen molar-refractivity contribution in [1.82, 2.24) is 9.88 Å². The predicted octanol–water partition coefficient (Wildman–Crippen LogP) is 1.83. The van der Waals surface area contributed by atoms with E-state index >= 15 is 0 Å². The number of aromatic nitrogens is 1. The maximum atomic E-state index is 12.1. The number of hydrogen-bond donors (Lipinski definition) is 1. The minimum absolute atomic E-state index is 0.0481. The zero-order valence-electron chi connectivity index (χ0n) is 10.3. The zero-order valence-corrected chi connectivity index (χ0v) is 11.9. The first-order valence-electron chi connectivity index (χ1n) is 5.30. The number of rotatable bonds is 5. The number of halogens is 1. The highest BCUT2D eigenvalue weighted by atomic mass is 35.5. The van der Waals surface area contributed by atoms with Gasteiger partial charge in [0.2, 0.25) is 10.0 Å². The topological polar surface area (TPSA) is 72.2 Å². The summed E-state index contributed by atoms with van der Waals surface area (Å²) in [5, 5.41) is 3.63. The predicted molar refractivity (Wildman–Crippen MR) is 65.6 cm³/mol. The van der Waals surface area contributed by atoms with Gasteiger partial charge >= 0.3 is 0 Å². The van der Waals surface area contributed by atoms with E-state index in [4.69, 9.17) is 16.1 Å². The van der Waals surface area contributed by atoms with Crippen molar-refractivity contribution in [1.29, 1.82) is 0 Å². The van der Waals surface area contributed by atoms with Gasteiger partial charge < -0.3 is 4.52 Å². The minimum atomic E-state index is -3.60. The second kappa shape index (κ2) is 5.37. The molecule has 17 heavy (non-hydrogen) atoms. The Hall–Kier alpha value is -0.590. The normalized spacial score (nSPS) is 15.8. The summed E-state index contributed by atoms with van der Waals surface area (Å²) >= 11 is 5.70. The van der Waals surface area contributed by atoms with Crippen LogP contribution >= 0.6 is 11.6 Å². The summed E-state index contributed by atoms with van der Waals surface area (Å²) < 4.78 is 31.7.